The Kier molecular flexibility index (Phi) is 4.47. The molecule has 0 aliphatic heterocycles. The largest absolute Gasteiger partial charge is 0.480 e. The first-order valence-electron chi connectivity index (χ1n) is 4.89. The number of aliphatic carboxylic acids is 1. The molecule has 0 radical (unpaired) electrons. The molecular formula is C11H13F2NO2S. The van der Waals surface area contributed by atoms with E-state index < -0.39 is 23.1 Å². The third-order valence-electron chi connectivity index (χ3n) is 2.44. The van der Waals surface area contributed by atoms with E-state index in [1.165, 1.54) is 13.0 Å². The highest BCUT2D eigenvalue weighted by atomic mass is 32.2. The maximum atomic E-state index is 12.9. The van der Waals surface area contributed by atoms with Crippen LogP contribution in [0.5, 0.6) is 0 Å². The minimum absolute atomic E-state index is 0.212. The summed E-state index contributed by atoms with van der Waals surface area (Å²) in [6.07, 6.45) is 0. The Morgan fingerprint density at radius 1 is 1.47 bits per heavy atom. The van der Waals surface area contributed by atoms with Gasteiger partial charge in [0.2, 0.25) is 0 Å². The zero-order valence-electron chi connectivity index (χ0n) is 9.46. The molecule has 6 heteroatoms. The first-order valence-corrected chi connectivity index (χ1v) is 5.88. The number of benzene rings is 1. The average Bonchev–Trinajstić information content (AvgIpc) is 2.30. The first kappa shape index (κ1) is 13.9. The topological polar surface area (TPSA) is 49.3 Å². The van der Waals surface area contributed by atoms with Gasteiger partial charge in [0.1, 0.15) is 5.54 Å². The minimum atomic E-state index is -1.10. The molecule has 0 bridgehead atoms. The van der Waals surface area contributed by atoms with Crippen LogP contribution in [0.3, 0.4) is 0 Å². The first-order chi connectivity index (χ1) is 7.89. The highest BCUT2D eigenvalue weighted by Gasteiger charge is 2.31. The van der Waals surface area contributed by atoms with Crippen LogP contribution in [-0.4, -0.2) is 29.4 Å². The van der Waals surface area contributed by atoms with Crippen LogP contribution in [0.25, 0.3) is 0 Å². The van der Waals surface area contributed by atoms with Gasteiger partial charge in [-0.25, -0.2) is 8.78 Å². The number of carbonyl (C=O) groups is 1. The molecule has 0 aliphatic carbocycles. The molecule has 94 valence electrons. The second-order valence-electron chi connectivity index (χ2n) is 3.75. The molecule has 0 saturated heterocycles. The van der Waals surface area contributed by atoms with Crippen molar-refractivity contribution < 1.29 is 18.7 Å². The van der Waals surface area contributed by atoms with E-state index >= 15 is 0 Å². The number of likely N-dealkylation sites (N-methyl/N-ethyl adjacent to an activating group) is 1. The van der Waals surface area contributed by atoms with Gasteiger partial charge in [0.25, 0.3) is 0 Å². The monoisotopic (exact) mass is 261 g/mol. The molecule has 0 aromatic heterocycles. The quantitative estimate of drug-likeness (QED) is 0.797. The van der Waals surface area contributed by atoms with E-state index in [9.17, 15) is 13.6 Å². The summed E-state index contributed by atoms with van der Waals surface area (Å²) in [5.41, 5.74) is -1.10. The van der Waals surface area contributed by atoms with E-state index in [2.05, 4.69) is 5.32 Å². The second-order valence-corrected chi connectivity index (χ2v) is 4.80. The molecule has 2 N–H and O–H groups in total. The van der Waals surface area contributed by atoms with E-state index in [4.69, 9.17) is 5.11 Å². The van der Waals surface area contributed by atoms with Crippen molar-refractivity contribution in [2.45, 2.75) is 17.4 Å². The lowest BCUT2D eigenvalue weighted by molar-refractivity contribution is -0.142. The summed E-state index contributed by atoms with van der Waals surface area (Å²) in [6, 6.07) is 3.49. The molecule has 1 rings (SSSR count). The molecule has 0 saturated carbocycles. The molecule has 3 nitrogen and oxygen atoms in total. The Hall–Kier alpha value is -1.14. The number of rotatable bonds is 5. The normalized spacial score (nSPS) is 14.4. The van der Waals surface area contributed by atoms with Crippen molar-refractivity contribution in [3.05, 3.63) is 29.8 Å². The lowest BCUT2D eigenvalue weighted by Crippen LogP contribution is -2.49. The van der Waals surface area contributed by atoms with Crippen molar-refractivity contribution in [2.75, 3.05) is 12.8 Å². The van der Waals surface area contributed by atoms with Crippen LogP contribution in [0.4, 0.5) is 8.78 Å². The van der Waals surface area contributed by atoms with Gasteiger partial charge < -0.3 is 10.4 Å². The predicted molar refractivity (Wildman–Crippen MR) is 62.2 cm³/mol. The van der Waals surface area contributed by atoms with Crippen LogP contribution in [0.2, 0.25) is 0 Å². The summed E-state index contributed by atoms with van der Waals surface area (Å²) in [4.78, 5) is 11.5. The van der Waals surface area contributed by atoms with Gasteiger partial charge in [0, 0.05) is 10.6 Å². The summed E-state index contributed by atoms with van der Waals surface area (Å²) in [5, 5.41) is 11.7. The van der Waals surface area contributed by atoms with Gasteiger partial charge in [0.05, 0.1) is 0 Å². The predicted octanol–water partition coefficient (Wildman–Crippen LogP) is 2.12. The van der Waals surface area contributed by atoms with Crippen LogP contribution in [0, 0.1) is 11.6 Å². The fraction of sp³-hybridized carbons (Fsp3) is 0.364. The number of halogens is 2. The zero-order chi connectivity index (χ0) is 13.1. The zero-order valence-corrected chi connectivity index (χ0v) is 10.3. The van der Waals surface area contributed by atoms with E-state index in [0.717, 1.165) is 23.9 Å². The lowest BCUT2D eigenvalue weighted by atomic mass is 10.1. The smallest absolute Gasteiger partial charge is 0.324 e. The molecular weight excluding hydrogens is 248 g/mol. The van der Waals surface area contributed by atoms with Crippen molar-refractivity contribution in [1.29, 1.82) is 0 Å². The fourth-order valence-electron chi connectivity index (χ4n) is 1.04. The molecule has 0 fully saturated rings. The molecule has 17 heavy (non-hydrogen) atoms. The molecule has 0 spiro atoms. The van der Waals surface area contributed by atoms with Crippen LogP contribution < -0.4 is 5.32 Å². The van der Waals surface area contributed by atoms with Crippen molar-refractivity contribution >= 4 is 17.7 Å². The Balaban J connectivity index is 2.73. The maximum absolute atomic E-state index is 12.9. The lowest BCUT2D eigenvalue weighted by Gasteiger charge is -2.23. The van der Waals surface area contributed by atoms with Gasteiger partial charge in [-0.05, 0) is 32.2 Å². The van der Waals surface area contributed by atoms with E-state index in [-0.39, 0.29) is 5.75 Å². The van der Waals surface area contributed by atoms with Crippen molar-refractivity contribution in [3.63, 3.8) is 0 Å². The molecule has 0 heterocycles. The number of hydrogen-bond acceptors (Lipinski definition) is 3. The summed E-state index contributed by atoms with van der Waals surface area (Å²) < 4.78 is 25.6. The molecule has 1 aromatic rings. The van der Waals surface area contributed by atoms with Crippen molar-refractivity contribution in [1.82, 2.24) is 5.32 Å². The molecule has 1 unspecified atom stereocenters. The van der Waals surface area contributed by atoms with Gasteiger partial charge >= 0.3 is 5.97 Å². The van der Waals surface area contributed by atoms with Gasteiger partial charge in [-0.3, -0.25) is 4.79 Å². The number of nitrogens with one attached hydrogen (secondary N) is 1. The highest BCUT2D eigenvalue weighted by Crippen LogP contribution is 2.24. The number of hydrogen-bond donors (Lipinski definition) is 2. The Morgan fingerprint density at radius 3 is 2.59 bits per heavy atom. The summed E-state index contributed by atoms with van der Waals surface area (Å²) in [5.74, 6) is -2.63. The summed E-state index contributed by atoms with van der Waals surface area (Å²) >= 11 is 1.15. The van der Waals surface area contributed by atoms with Crippen molar-refractivity contribution in [3.8, 4) is 0 Å². The number of carboxylic acid groups (broad SMARTS) is 1. The van der Waals surface area contributed by atoms with Crippen LogP contribution >= 0.6 is 11.8 Å². The summed E-state index contributed by atoms with van der Waals surface area (Å²) in [7, 11) is 1.54. The van der Waals surface area contributed by atoms with E-state index in [1.807, 2.05) is 0 Å². The van der Waals surface area contributed by atoms with Gasteiger partial charge in [-0.15, -0.1) is 11.8 Å². The fourth-order valence-corrected chi connectivity index (χ4v) is 2.11. The molecule has 0 amide bonds. The molecule has 1 atom stereocenters. The standard InChI is InChI=1S/C11H13F2NO2S/c1-11(14-2,10(15)16)6-17-7-3-4-8(12)9(13)5-7/h3-5,14H,6H2,1-2H3,(H,15,16). The van der Waals surface area contributed by atoms with E-state index in [1.54, 1.807) is 7.05 Å². The second kappa shape index (κ2) is 5.46. The van der Waals surface area contributed by atoms with Crippen LogP contribution in [0.1, 0.15) is 6.92 Å². The van der Waals surface area contributed by atoms with Crippen molar-refractivity contribution in [2.24, 2.45) is 0 Å². The van der Waals surface area contributed by atoms with Gasteiger partial charge in [-0.1, -0.05) is 0 Å². The Labute approximate surface area is 102 Å². The average molecular weight is 261 g/mol. The Morgan fingerprint density at radius 2 is 2.12 bits per heavy atom. The van der Waals surface area contributed by atoms with Crippen LogP contribution in [-0.2, 0) is 4.79 Å². The molecule has 1 aromatic carbocycles. The highest BCUT2D eigenvalue weighted by molar-refractivity contribution is 7.99. The number of carboxylic acids is 1. The minimum Gasteiger partial charge on any atom is -0.480 e. The molecule has 0 aliphatic rings. The van der Waals surface area contributed by atoms with E-state index in [0.29, 0.717) is 4.90 Å². The summed E-state index contributed by atoms with van der Waals surface area (Å²) in [6.45, 7) is 1.53. The third-order valence-corrected chi connectivity index (χ3v) is 3.75. The maximum Gasteiger partial charge on any atom is 0.324 e. The van der Waals surface area contributed by atoms with Gasteiger partial charge in [0.15, 0.2) is 11.6 Å². The van der Waals surface area contributed by atoms with Gasteiger partial charge in [-0.2, -0.15) is 0 Å². The number of thioether (sulfide) groups is 1. The SMILES string of the molecule is CNC(C)(CSc1ccc(F)c(F)c1)C(=O)O. The Bertz CT molecular complexity index is 428. The van der Waals surface area contributed by atoms with Crippen LogP contribution in [0.15, 0.2) is 23.1 Å². The third kappa shape index (κ3) is 3.41.